The molecule has 0 aliphatic carbocycles. The first-order chi connectivity index (χ1) is 17.2. The van der Waals surface area contributed by atoms with Crippen LogP contribution in [0.1, 0.15) is 106 Å². The molecule has 2 N–H and O–H groups in total. The summed E-state index contributed by atoms with van der Waals surface area (Å²) >= 11 is 0. The van der Waals surface area contributed by atoms with Gasteiger partial charge >= 0.3 is 23.9 Å². The van der Waals surface area contributed by atoms with Crippen LogP contribution in [0.2, 0.25) is 0 Å². The van der Waals surface area contributed by atoms with Gasteiger partial charge in [0.1, 0.15) is 5.69 Å². The van der Waals surface area contributed by atoms with Crippen LogP contribution in [0.4, 0.5) is 0 Å². The van der Waals surface area contributed by atoms with Crippen molar-refractivity contribution in [1.29, 1.82) is 0 Å². The van der Waals surface area contributed by atoms with Crippen molar-refractivity contribution in [3.05, 3.63) is 58.2 Å². The molecule has 10 heteroatoms. The van der Waals surface area contributed by atoms with Gasteiger partial charge in [-0.05, 0) is 48.9 Å². The van der Waals surface area contributed by atoms with Crippen molar-refractivity contribution in [3.63, 3.8) is 0 Å². The first-order valence-corrected chi connectivity index (χ1v) is 12.0. The number of carbonyl (C=O) groups is 4. The summed E-state index contributed by atoms with van der Waals surface area (Å²) in [6.45, 7) is 8.42. The Morgan fingerprint density at radius 3 is 1.78 bits per heavy atom. The number of aromatic nitrogens is 2. The number of nitrogens with zero attached hydrogens (tertiary/aromatic N) is 2. The number of pyridine rings is 2. The molecule has 0 radical (unpaired) electrons. The molecule has 2 heterocycles. The van der Waals surface area contributed by atoms with Gasteiger partial charge in [-0.25, -0.2) is 29.1 Å². The second kappa shape index (κ2) is 16.0. The fourth-order valence-electron chi connectivity index (χ4n) is 3.20. The summed E-state index contributed by atoms with van der Waals surface area (Å²) in [7, 11) is 0. The Labute approximate surface area is 210 Å². The highest BCUT2D eigenvalue weighted by Gasteiger charge is 2.21. The van der Waals surface area contributed by atoms with Gasteiger partial charge in [0.05, 0.1) is 24.3 Å². The van der Waals surface area contributed by atoms with Gasteiger partial charge in [0.25, 0.3) is 0 Å². The molecule has 0 aliphatic rings. The Kier molecular flexibility index (Phi) is 13.4. The van der Waals surface area contributed by atoms with E-state index >= 15 is 0 Å². The highest BCUT2D eigenvalue weighted by molar-refractivity contribution is 5.93. The Morgan fingerprint density at radius 1 is 0.722 bits per heavy atom. The van der Waals surface area contributed by atoms with Crippen molar-refractivity contribution >= 4 is 23.9 Å². The Hall–Kier alpha value is -3.82. The SMILES string of the molecule is CCCOC(=O)c1ccc(C(=O)OCCC)nc1.CCCc1c(C(=O)O)cnc(C(=O)O)c1CCC. The lowest BCUT2D eigenvalue weighted by Crippen LogP contribution is -2.14. The Balaban J connectivity index is 0.000000360. The van der Waals surface area contributed by atoms with Gasteiger partial charge in [-0.2, -0.15) is 0 Å². The van der Waals surface area contributed by atoms with E-state index in [2.05, 4.69) is 9.97 Å². The lowest BCUT2D eigenvalue weighted by atomic mass is 9.94. The quantitative estimate of drug-likeness (QED) is 0.394. The minimum atomic E-state index is -1.10. The summed E-state index contributed by atoms with van der Waals surface area (Å²) in [5.74, 6) is -3.07. The molecule has 0 unspecified atom stereocenters. The molecule has 0 aromatic carbocycles. The summed E-state index contributed by atoms with van der Waals surface area (Å²) < 4.78 is 9.87. The summed E-state index contributed by atoms with van der Waals surface area (Å²) in [4.78, 5) is 52.9. The number of carbonyl (C=O) groups excluding carboxylic acids is 2. The molecule has 196 valence electrons. The van der Waals surface area contributed by atoms with Gasteiger partial charge in [-0.1, -0.05) is 40.5 Å². The van der Waals surface area contributed by atoms with Crippen LogP contribution in [-0.2, 0) is 22.3 Å². The second-order valence-electron chi connectivity index (χ2n) is 7.79. The van der Waals surface area contributed by atoms with E-state index in [9.17, 15) is 19.2 Å². The highest BCUT2D eigenvalue weighted by Crippen LogP contribution is 2.21. The molecule has 0 aliphatic heterocycles. The van der Waals surface area contributed by atoms with Gasteiger partial charge in [0.2, 0.25) is 0 Å². The number of ether oxygens (including phenoxy) is 2. The van der Waals surface area contributed by atoms with Crippen LogP contribution in [0.25, 0.3) is 0 Å². The third-order valence-electron chi connectivity index (χ3n) is 4.81. The van der Waals surface area contributed by atoms with E-state index < -0.39 is 23.9 Å². The van der Waals surface area contributed by atoms with Crippen LogP contribution in [0, 0.1) is 0 Å². The maximum absolute atomic E-state index is 11.5. The first-order valence-electron chi connectivity index (χ1n) is 12.0. The average molecular weight is 503 g/mol. The zero-order chi connectivity index (χ0) is 27.1. The number of hydrogen-bond acceptors (Lipinski definition) is 8. The van der Waals surface area contributed by atoms with Crippen molar-refractivity contribution < 1.29 is 38.9 Å². The number of carboxylic acid groups (broad SMARTS) is 2. The predicted octanol–water partition coefficient (Wildman–Crippen LogP) is 4.60. The third-order valence-corrected chi connectivity index (χ3v) is 4.81. The minimum absolute atomic E-state index is 0.0229. The Morgan fingerprint density at radius 2 is 1.31 bits per heavy atom. The van der Waals surface area contributed by atoms with Crippen molar-refractivity contribution in [1.82, 2.24) is 9.97 Å². The van der Waals surface area contributed by atoms with Gasteiger partial charge < -0.3 is 19.7 Å². The van der Waals surface area contributed by atoms with Gasteiger partial charge in [-0.3, -0.25) is 0 Å². The maximum atomic E-state index is 11.5. The number of rotatable bonds is 12. The van der Waals surface area contributed by atoms with Crippen LogP contribution in [-0.4, -0.2) is 57.3 Å². The van der Waals surface area contributed by atoms with E-state index in [0.717, 1.165) is 31.9 Å². The molecule has 0 amide bonds. The molecule has 2 aromatic rings. The zero-order valence-corrected chi connectivity index (χ0v) is 21.2. The summed E-state index contributed by atoms with van der Waals surface area (Å²) in [5.41, 5.74) is 1.78. The lowest BCUT2D eigenvalue weighted by molar-refractivity contribution is 0.0485. The minimum Gasteiger partial charge on any atom is -0.478 e. The largest absolute Gasteiger partial charge is 0.478 e. The molecule has 0 fully saturated rings. The van der Waals surface area contributed by atoms with Crippen molar-refractivity contribution in [2.24, 2.45) is 0 Å². The van der Waals surface area contributed by atoms with E-state index in [-0.39, 0.29) is 17.0 Å². The molecule has 2 aromatic heterocycles. The third kappa shape index (κ3) is 9.09. The highest BCUT2D eigenvalue weighted by atomic mass is 16.5. The molecule has 0 spiro atoms. The van der Waals surface area contributed by atoms with Crippen molar-refractivity contribution in [2.45, 2.75) is 66.2 Å². The van der Waals surface area contributed by atoms with Crippen LogP contribution in [0.5, 0.6) is 0 Å². The molecular formula is C26H34N2O8. The van der Waals surface area contributed by atoms with Crippen molar-refractivity contribution in [2.75, 3.05) is 13.2 Å². The molecule has 0 saturated carbocycles. The summed E-state index contributed by atoms with van der Waals surface area (Å²) in [6.07, 6.45) is 6.59. The molecule has 10 nitrogen and oxygen atoms in total. The molecule has 0 bridgehead atoms. The van der Waals surface area contributed by atoms with Crippen LogP contribution in [0.3, 0.4) is 0 Å². The van der Waals surface area contributed by atoms with Crippen LogP contribution >= 0.6 is 0 Å². The second-order valence-corrected chi connectivity index (χ2v) is 7.79. The smallest absolute Gasteiger partial charge is 0.356 e. The topological polar surface area (TPSA) is 153 Å². The van der Waals surface area contributed by atoms with Gasteiger partial charge in [0, 0.05) is 12.4 Å². The fraction of sp³-hybridized carbons (Fsp3) is 0.462. The Bertz CT molecular complexity index is 953. The molecule has 2 rings (SSSR count). The molecule has 0 saturated heterocycles. The zero-order valence-electron chi connectivity index (χ0n) is 21.2. The predicted molar refractivity (Wildman–Crippen MR) is 132 cm³/mol. The fourth-order valence-corrected chi connectivity index (χ4v) is 3.20. The standard InChI is InChI=1S/2C13H17NO4/c1-3-7-17-12(15)10-5-6-11(14-9-10)13(16)18-8-4-2;1-3-5-8-9(6-4-2)11(13(17)18)14-7-10(8)12(15)16/h5-6,9H,3-4,7-8H2,1-2H3;7H,3-6H2,1-2H3,(H,15,16)(H,17,18). The monoisotopic (exact) mass is 502 g/mol. The van der Waals surface area contributed by atoms with E-state index in [1.807, 2.05) is 27.7 Å². The van der Waals surface area contributed by atoms with E-state index in [1.165, 1.54) is 18.3 Å². The normalized spacial score (nSPS) is 10.1. The molecule has 36 heavy (non-hydrogen) atoms. The number of hydrogen-bond donors (Lipinski definition) is 2. The van der Waals surface area contributed by atoms with Crippen LogP contribution in [0.15, 0.2) is 24.5 Å². The number of carboxylic acids is 2. The van der Waals surface area contributed by atoms with Crippen LogP contribution < -0.4 is 0 Å². The van der Waals surface area contributed by atoms with E-state index in [0.29, 0.717) is 42.7 Å². The van der Waals surface area contributed by atoms with Gasteiger partial charge in [0.15, 0.2) is 5.69 Å². The number of esters is 2. The van der Waals surface area contributed by atoms with E-state index in [4.69, 9.17) is 19.7 Å². The summed E-state index contributed by atoms with van der Waals surface area (Å²) in [5, 5.41) is 18.2. The van der Waals surface area contributed by atoms with Gasteiger partial charge in [-0.15, -0.1) is 0 Å². The molecule has 0 atom stereocenters. The maximum Gasteiger partial charge on any atom is 0.356 e. The number of aromatic carboxylic acids is 2. The lowest BCUT2D eigenvalue weighted by Gasteiger charge is -2.13. The van der Waals surface area contributed by atoms with Crippen molar-refractivity contribution in [3.8, 4) is 0 Å². The summed E-state index contributed by atoms with van der Waals surface area (Å²) in [6, 6.07) is 2.97. The average Bonchev–Trinajstić information content (AvgIpc) is 2.87. The first kappa shape index (κ1) is 30.2. The van der Waals surface area contributed by atoms with E-state index in [1.54, 1.807) is 0 Å². The molecular weight excluding hydrogens is 468 g/mol.